The third kappa shape index (κ3) is 4.79. The van der Waals surface area contributed by atoms with Gasteiger partial charge in [0.2, 0.25) is 0 Å². The van der Waals surface area contributed by atoms with Crippen LogP contribution in [0, 0.1) is 5.82 Å². The number of benzene rings is 2. The van der Waals surface area contributed by atoms with E-state index in [9.17, 15) is 19.1 Å². The smallest absolute Gasteiger partial charge is 0.274 e. The van der Waals surface area contributed by atoms with Crippen LogP contribution in [0.4, 0.5) is 4.39 Å². The minimum absolute atomic E-state index is 0.118. The molecule has 0 aliphatic heterocycles. The van der Waals surface area contributed by atoms with Gasteiger partial charge in [-0.25, -0.2) is 9.82 Å². The predicted octanol–water partition coefficient (Wildman–Crippen LogP) is 1.12. The van der Waals surface area contributed by atoms with Crippen molar-refractivity contribution >= 4 is 17.6 Å². The first kappa shape index (κ1) is 18.9. The SMILES string of the molecule is COc1cc(/C(C)=N\NC(=O)c2ccccc2F)ccc1OCC(=O)[O-]. The zero-order valence-corrected chi connectivity index (χ0v) is 14.1. The van der Waals surface area contributed by atoms with Gasteiger partial charge in [0.15, 0.2) is 11.5 Å². The van der Waals surface area contributed by atoms with E-state index in [-0.39, 0.29) is 11.3 Å². The lowest BCUT2D eigenvalue weighted by Crippen LogP contribution is -2.29. The number of hydrazone groups is 1. The van der Waals surface area contributed by atoms with Gasteiger partial charge in [0.05, 0.1) is 24.4 Å². The Morgan fingerprint density at radius 2 is 1.92 bits per heavy atom. The Kier molecular flexibility index (Phi) is 6.26. The van der Waals surface area contributed by atoms with Crippen molar-refractivity contribution in [2.45, 2.75) is 6.92 Å². The Morgan fingerprint density at radius 1 is 1.19 bits per heavy atom. The molecule has 136 valence electrons. The van der Waals surface area contributed by atoms with Gasteiger partial charge in [-0.15, -0.1) is 0 Å². The third-order valence-electron chi connectivity index (χ3n) is 3.37. The number of aliphatic carboxylic acids is 1. The Morgan fingerprint density at radius 3 is 2.58 bits per heavy atom. The summed E-state index contributed by atoms with van der Waals surface area (Å²) in [6.45, 7) is 1.03. The van der Waals surface area contributed by atoms with Gasteiger partial charge in [0.1, 0.15) is 12.4 Å². The van der Waals surface area contributed by atoms with Crippen LogP contribution in [0.3, 0.4) is 0 Å². The molecule has 0 aliphatic rings. The second-order valence-electron chi connectivity index (χ2n) is 5.14. The van der Waals surface area contributed by atoms with Crippen LogP contribution in [-0.2, 0) is 4.79 Å². The van der Waals surface area contributed by atoms with Gasteiger partial charge in [-0.3, -0.25) is 4.79 Å². The molecule has 0 spiro atoms. The molecule has 7 nitrogen and oxygen atoms in total. The van der Waals surface area contributed by atoms with Crippen molar-refractivity contribution in [1.82, 2.24) is 5.43 Å². The highest BCUT2D eigenvalue weighted by Gasteiger charge is 2.11. The van der Waals surface area contributed by atoms with Crippen molar-refractivity contribution < 1.29 is 28.6 Å². The largest absolute Gasteiger partial charge is 0.546 e. The molecule has 0 fully saturated rings. The first-order chi connectivity index (χ1) is 12.4. The number of carboxylic acids is 1. The third-order valence-corrected chi connectivity index (χ3v) is 3.37. The maximum atomic E-state index is 13.6. The van der Waals surface area contributed by atoms with Crippen molar-refractivity contribution in [3.05, 3.63) is 59.4 Å². The van der Waals surface area contributed by atoms with Crippen LogP contribution >= 0.6 is 0 Å². The Labute approximate surface area is 149 Å². The number of amides is 1. The van der Waals surface area contributed by atoms with Crippen LogP contribution in [0.25, 0.3) is 0 Å². The number of ether oxygens (including phenoxy) is 2. The number of methoxy groups -OCH3 is 1. The van der Waals surface area contributed by atoms with E-state index in [0.29, 0.717) is 17.0 Å². The monoisotopic (exact) mass is 359 g/mol. The highest BCUT2D eigenvalue weighted by molar-refractivity contribution is 6.01. The molecule has 0 aliphatic carbocycles. The van der Waals surface area contributed by atoms with Gasteiger partial charge in [-0.1, -0.05) is 12.1 Å². The molecule has 0 unspecified atom stereocenters. The summed E-state index contributed by atoms with van der Waals surface area (Å²) in [5.74, 6) is -2.16. The van der Waals surface area contributed by atoms with E-state index in [1.54, 1.807) is 25.1 Å². The topological polar surface area (TPSA) is 100 Å². The molecule has 0 heterocycles. The van der Waals surface area contributed by atoms with Crippen molar-refractivity contribution in [1.29, 1.82) is 0 Å². The van der Waals surface area contributed by atoms with Gasteiger partial charge >= 0.3 is 0 Å². The Hall–Kier alpha value is -3.42. The van der Waals surface area contributed by atoms with Gasteiger partial charge in [0, 0.05) is 5.56 Å². The molecule has 26 heavy (non-hydrogen) atoms. The minimum Gasteiger partial charge on any atom is -0.546 e. The first-order valence-corrected chi connectivity index (χ1v) is 7.52. The summed E-state index contributed by atoms with van der Waals surface area (Å²) >= 11 is 0. The molecule has 8 heteroatoms. The molecule has 0 saturated heterocycles. The fraction of sp³-hybridized carbons (Fsp3) is 0.167. The summed E-state index contributed by atoms with van der Waals surface area (Å²) in [4.78, 5) is 22.4. The van der Waals surface area contributed by atoms with E-state index in [4.69, 9.17) is 9.47 Å². The maximum Gasteiger partial charge on any atom is 0.274 e. The molecule has 0 atom stereocenters. The fourth-order valence-corrected chi connectivity index (χ4v) is 2.05. The molecule has 0 saturated carbocycles. The lowest BCUT2D eigenvalue weighted by Gasteiger charge is -2.12. The molecule has 1 amide bonds. The molecular weight excluding hydrogens is 343 g/mol. The zero-order valence-electron chi connectivity index (χ0n) is 14.1. The van der Waals surface area contributed by atoms with Crippen LogP contribution in [-0.4, -0.2) is 31.3 Å². The van der Waals surface area contributed by atoms with E-state index in [1.165, 1.54) is 31.4 Å². The normalized spacial score (nSPS) is 11.0. The predicted molar refractivity (Wildman–Crippen MR) is 89.6 cm³/mol. The van der Waals surface area contributed by atoms with Crippen molar-refractivity contribution in [3.63, 3.8) is 0 Å². The van der Waals surface area contributed by atoms with Crippen LogP contribution in [0.5, 0.6) is 11.5 Å². The van der Waals surface area contributed by atoms with Gasteiger partial charge < -0.3 is 19.4 Å². The summed E-state index contributed by atoms with van der Waals surface area (Å²) in [6, 6.07) is 10.3. The lowest BCUT2D eigenvalue weighted by molar-refractivity contribution is -0.307. The van der Waals surface area contributed by atoms with Crippen molar-refractivity contribution in [3.8, 4) is 11.5 Å². The summed E-state index contributed by atoms with van der Waals surface area (Å²) in [5, 5.41) is 14.4. The molecule has 2 aromatic rings. The van der Waals surface area contributed by atoms with Crippen LogP contribution in [0.1, 0.15) is 22.8 Å². The number of hydrogen-bond donors (Lipinski definition) is 1. The van der Waals surface area contributed by atoms with Crippen molar-refractivity contribution in [2.75, 3.05) is 13.7 Å². The Balaban J connectivity index is 2.14. The number of rotatable bonds is 7. The van der Waals surface area contributed by atoms with E-state index in [1.807, 2.05) is 0 Å². The van der Waals surface area contributed by atoms with Gasteiger partial charge in [-0.2, -0.15) is 5.10 Å². The minimum atomic E-state index is -1.36. The number of nitrogens with one attached hydrogen (secondary N) is 1. The van der Waals surface area contributed by atoms with Crippen LogP contribution < -0.4 is 20.0 Å². The summed E-state index contributed by atoms with van der Waals surface area (Å²) in [7, 11) is 1.40. The second kappa shape index (κ2) is 8.61. The van der Waals surface area contributed by atoms with E-state index in [0.717, 1.165) is 0 Å². The highest BCUT2D eigenvalue weighted by atomic mass is 19.1. The molecule has 2 aromatic carbocycles. The van der Waals surface area contributed by atoms with Gasteiger partial charge in [-0.05, 0) is 37.3 Å². The molecule has 0 bridgehead atoms. The number of hydrogen-bond acceptors (Lipinski definition) is 6. The first-order valence-electron chi connectivity index (χ1n) is 7.52. The zero-order chi connectivity index (χ0) is 19.1. The molecule has 0 aromatic heterocycles. The number of carbonyl (C=O) groups is 2. The molecule has 0 radical (unpaired) electrons. The number of halogens is 1. The average molecular weight is 359 g/mol. The number of nitrogens with zero attached hydrogens (tertiary/aromatic N) is 1. The highest BCUT2D eigenvalue weighted by Crippen LogP contribution is 2.28. The van der Waals surface area contributed by atoms with E-state index >= 15 is 0 Å². The maximum absolute atomic E-state index is 13.6. The summed E-state index contributed by atoms with van der Waals surface area (Å²) in [5.41, 5.74) is 3.19. The van der Waals surface area contributed by atoms with E-state index < -0.39 is 24.3 Å². The molecule has 1 N–H and O–H groups in total. The lowest BCUT2D eigenvalue weighted by atomic mass is 10.1. The molecule has 2 rings (SSSR count). The second-order valence-corrected chi connectivity index (χ2v) is 5.14. The number of carboxylic acid groups (broad SMARTS) is 1. The Bertz CT molecular complexity index is 851. The van der Waals surface area contributed by atoms with Gasteiger partial charge in [0.25, 0.3) is 5.91 Å². The molecular formula is C18H16FN2O5-. The fourth-order valence-electron chi connectivity index (χ4n) is 2.05. The number of carbonyl (C=O) groups excluding carboxylic acids is 2. The van der Waals surface area contributed by atoms with Crippen LogP contribution in [0.2, 0.25) is 0 Å². The standard InChI is InChI=1S/C18H17FN2O5/c1-11(20-21-18(24)13-5-3-4-6-14(13)19)12-7-8-15(16(9-12)25-2)26-10-17(22)23/h3-9H,10H2,1-2H3,(H,21,24)(H,22,23)/p-1/b20-11-. The average Bonchev–Trinajstić information content (AvgIpc) is 2.64. The van der Waals surface area contributed by atoms with Crippen molar-refractivity contribution in [2.24, 2.45) is 5.10 Å². The summed E-state index contributed by atoms with van der Waals surface area (Å²) in [6.07, 6.45) is 0. The summed E-state index contributed by atoms with van der Waals surface area (Å²) < 4.78 is 23.8. The quantitative estimate of drug-likeness (QED) is 0.590. The van der Waals surface area contributed by atoms with Crippen LogP contribution in [0.15, 0.2) is 47.6 Å². The van der Waals surface area contributed by atoms with E-state index in [2.05, 4.69) is 10.5 Å².